The molecule has 1 aromatic heterocycles. The van der Waals surface area contributed by atoms with E-state index in [1.807, 2.05) is 4.90 Å². The Labute approximate surface area is 141 Å². The fourth-order valence-corrected chi connectivity index (χ4v) is 4.04. The molecule has 24 heavy (non-hydrogen) atoms. The molecular weight excluding hydrogens is 310 g/mol. The summed E-state index contributed by atoms with van der Waals surface area (Å²) >= 11 is 0. The highest BCUT2D eigenvalue weighted by Crippen LogP contribution is 2.38. The van der Waals surface area contributed by atoms with Crippen LogP contribution in [0.25, 0.3) is 0 Å². The number of aryl methyl sites for hydroxylation is 1. The molecule has 0 aromatic carbocycles. The lowest BCUT2D eigenvalue weighted by atomic mass is 9.87. The molecule has 0 bridgehead atoms. The number of piperidine rings is 1. The number of aromatic nitrogens is 3. The van der Waals surface area contributed by atoms with Crippen LogP contribution < -0.4 is 0 Å². The maximum absolute atomic E-state index is 12.5. The Morgan fingerprint density at radius 1 is 1.25 bits per heavy atom. The van der Waals surface area contributed by atoms with Crippen molar-refractivity contribution in [3.8, 4) is 0 Å². The van der Waals surface area contributed by atoms with Gasteiger partial charge in [0.25, 0.3) is 5.91 Å². The number of morpholine rings is 1. The van der Waals surface area contributed by atoms with Gasteiger partial charge in [0.1, 0.15) is 6.33 Å². The van der Waals surface area contributed by atoms with E-state index in [1.165, 1.54) is 0 Å². The van der Waals surface area contributed by atoms with Crippen molar-refractivity contribution in [3.63, 3.8) is 0 Å². The Hall–Kier alpha value is -1.51. The lowest BCUT2D eigenvalue weighted by Crippen LogP contribution is -2.48. The van der Waals surface area contributed by atoms with Gasteiger partial charge in [0.05, 0.1) is 25.4 Å². The van der Waals surface area contributed by atoms with Crippen molar-refractivity contribution >= 4 is 5.91 Å². The lowest BCUT2D eigenvalue weighted by Gasteiger charge is -2.39. The van der Waals surface area contributed by atoms with E-state index in [4.69, 9.17) is 9.47 Å². The van der Waals surface area contributed by atoms with Gasteiger partial charge in [-0.2, -0.15) is 0 Å². The SMILES string of the molecule is Cn1cnc(C(=O)N2CCC3(CC2)CC(N2CCOCC2)CO3)n1. The second-order valence-corrected chi connectivity index (χ2v) is 7.03. The van der Waals surface area contributed by atoms with Crippen molar-refractivity contribution in [1.29, 1.82) is 0 Å². The summed E-state index contributed by atoms with van der Waals surface area (Å²) in [5, 5.41) is 4.11. The quantitative estimate of drug-likeness (QED) is 0.752. The number of carbonyl (C=O) groups excluding carboxylic acids is 1. The predicted molar refractivity (Wildman–Crippen MR) is 85.6 cm³/mol. The van der Waals surface area contributed by atoms with Gasteiger partial charge in [0.2, 0.25) is 5.82 Å². The highest BCUT2D eigenvalue weighted by molar-refractivity contribution is 5.90. The third-order valence-corrected chi connectivity index (χ3v) is 5.50. The molecule has 0 N–H and O–H groups in total. The first-order chi connectivity index (χ1) is 11.7. The molecule has 132 valence electrons. The number of carbonyl (C=O) groups is 1. The Bertz CT molecular complexity index is 590. The van der Waals surface area contributed by atoms with Gasteiger partial charge in [-0.3, -0.25) is 14.4 Å². The van der Waals surface area contributed by atoms with Crippen molar-refractivity contribution in [1.82, 2.24) is 24.6 Å². The van der Waals surface area contributed by atoms with Crippen LogP contribution in [0.5, 0.6) is 0 Å². The number of amides is 1. The lowest BCUT2D eigenvalue weighted by molar-refractivity contribution is -0.0402. The summed E-state index contributed by atoms with van der Waals surface area (Å²) in [6.45, 7) is 5.88. The van der Waals surface area contributed by atoms with Crippen LogP contribution in [0.4, 0.5) is 0 Å². The first kappa shape index (κ1) is 16.0. The largest absolute Gasteiger partial charge is 0.379 e. The summed E-state index contributed by atoms with van der Waals surface area (Å²) < 4.78 is 13.2. The van der Waals surface area contributed by atoms with Gasteiger partial charge in [-0.05, 0) is 19.3 Å². The molecule has 8 nitrogen and oxygen atoms in total. The molecule has 3 aliphatic rings. The molecule has 4 rings (SSSR count). The highest BCUT2D eigenvalue weighted by atomic mass is 16.5. The van der Waals surface area contributed by atoms with Crippen LogP contribution in [0, 0.1) is 0 Å². The third-order valence-electron chi connectivity index (χ3n) is 5.50. The van der Waals surface area contributed by atoms with E-state index in [2.05, 4.69) is 15.0 Å². The molecule has 1 spiro atoms. The molecule has 1 amide bonds. The van der Waals surface area contributed by atoms with E-state index in [9.17, 15) is 4.79 Å². The molecule has 3 saturated heterocycles. The van der Waals surface area contributed by atoms with E-state index in [0.717, 1.165) is 52.2 Å². The average Bonchev–Trinajstić information content (AvgIpc) is 3.23. The van der Waals surface area contributed by atoms with Gasteiger partial charge in [0, 0.05) is 39.3 Å². The molecule has 8 heteroatoms. The van der Waals surface area contributed by atoms with Crippen molar-refractivity contribution in [3.05, 3.63) is 12.2 Å². The maximum atomic E-state index is 12.5. The first-order valence-electron chi connectivity index (χ1n) is 8.76. The van der Waals surface area contributed by atoms with Gasteiger partial charge in [-0.25, -0.2) is 4.98 Å². The fourth-order valence-electron chi connectivity index (χ4n) is 4.04. The van der Waals surface area contributed by atoms with Gasteiger partial charge in [0.15, 0.2) is 0 Å². The monoisotopic (exact) mass is 335 g/mol. The van der Waals surface area contributed by atoms with Crippen molar-refractivity contribution in [2.75, 3.05) is 46.0 Å². The number of hydrogen-bond acceptors (Lipinski definition) is 6. The third kappa shape index (κ3) is 3.05. The Morgan fingerprint density at radius 3 is 2.67 bits per heavy atom. The van der Waals surface area contributed by atoms with E-state index < -0.39 is 0 Å². The predicted octanol–water partition coefficient (Wildman–Crippen LogP) is -0.0890. The number of ether oxygens (including phenoxy) is 2. The van der Waals surface area contributed by atoms with Crippen LogP contribution in [0.1, 0.15) is 29.9 Å². The van der Waals surface area contributed by atoms with Crippen LogP contribution in [0.15, 0.2) is 6.33 Å². The van der Waals surface area contributed by atoms with E-state index in [0.29, 0.717) is 19.1 Å². The Balaban J connectivity index is 1.33. The minimum atomic E-state index is -0.0758. The molecule has 0 radical (unpaired) electrons. The van der Waals surface area contributed by atoms with Gasteiger partial charge in [-0.15, -0.1) is 5.10 Å². The number of likely N-dealkylation sites (tertiary alicyclic amines) is 1. The smallest absolute Gasteiger partial charge is 0.293 e. The van der Waals surface area contributed by atoms with Crippen molar-refractivity contribution in [2.24, 2.45) is 7.05 Å². The molecule has 4 heterocycles. The van der Waals surface area contributed by atoms with Gasteiger partial charge < -0.3 is 14.4 Å². The summed E-state index contributed by atoms with van der Waals surface area (Å²) in [6, 6.07) is 0.494. The van der Waals surface area contributed by atoms with Crippen LogP contribution in [0.2, 0.25) is 0 Å². The zero-order chi connectivity index (χ0) is 16.6. The molecule has 0 aliphatic carbocycles. The molecule has 1 aromatic rings. The van der Waals surface area contributed by atoms with Crippen molar-refractivity contribution in [2.45, 2.75) is 30.9 Å². The first-order valence-corrected chi connectivity index (χ1v) is 8.76. The average molecular weight is 335 g/mol. The molecule has 1 unspecified atom stereocenters. The van der Waals surface area contributed by atoms with Gasteiger partial charge in [-0.1, -0.05) is 0 Å². The van der Waals surface area contributed by atoms with E-state index in [-0.39, 0.29) is 17.3 Å². The number of nitrogens with zero attached hydrogens (tertiary/aromatic N) is 5. The van der Waals surface area contributed by atoms with Crippen molar-refractivity contribution < 1.29 is 14.3 Å². The Kier molecular flexibility index (Phi) is 4.28. The molecule has 3 aliphatic heterocycles. The number of rotatable bonds is 2. The normalized spacial score (nSPS) is 27.7. The second-order valence-electron chi connectivity index (χ2n) is 7.03. The molecule has 0 saturated carbocycles. The molecular formula is C16H25N5O3. The summed E-state index contributed by atoms with van der Waals surface area (Å²) in [5.74, 6) is 0.208. The topological polar surface area (TPSA) is 72.7 Å². The van der Waals surface area contributed by atoms with Crippen LogP contribution >= 0.6 is 0 Å². The molecule has 1 atom stereocenters. The minimum absolute atomic E-state index is 0.0582. The van der Waals surface area contributed by atoms with E-state index >= 15 is 0 Å². The second kappa shape index (κ2) is 6.42. The van der Waals surface area contributed by atoms with Crippen LogP contribution in [-0.4, -0.2) is 88.1 Å². The standard InChI is InChI=1S/C16H25N5O3/c1-19-12-17-14(18-19)15(22)21-4-2-16(3-5-21)10-13(11-24-16)20-6-8-23-9-7-20/h12-13H,2-11H2,1H3. The maximum Gasteiger partial charge on any atom is 0.293 e. The Morgan fingerprint density at radius 2 is 2.00 bits per heavy atom. The summed E-state index contributed by atoms with van der Waals surface area (Å²) in [7, 11) is 1.77. The summed E-state index contributed by atoms with van der Waals surface area (Å²) in [6.07, 6.45) is 4.42. The number of hydrogen-bond donors (Lipinski definition) is 0. The summed E-state index contributed by atoms with van der Waals surface area (Å²) in [5.41, 5.74) is -0.0582. The minimum Gasteiger partial charge on any atom is -0.379 e. The van der Waals surface area contributed by atoms with E-state index in [1.54, 1.807) is 18.1 Å². The van der Waals surface area contributed by atoms with Gasteiger partial charge >= 0.3 is 0 Å². The van der Waals surface area contributed by atoms with Crippen LogP contribution in [-0.2, 0) is 16.5 Å². The fraction of sp³-hybridized carbons (Fsp3) is 0.812. The zero-order valence-electron chi connectivity index (χ0n) is 14.2. The van der Waals surface area contributed by atoms with Crippen LogP contribution in [0.3, 0.4) is 0 Å². The summed E-state index contributed by atoms with van der Waals surface area (Å²) in [4.78, 5) is 20.9. The zero-order valence-corrected chi connectivity index (χ0v) is 14.2. The highest BCUT2D eigenvalue weighted by Gasteiger charge is 2.45. The molecule has 3 fully saturated rings.